The van der Waals surface area contributed by atoms with E-state index >= 15 is 0 Å². The van der Waals surface area contributed by atoms with Crippen molar-refractivity contribution >= 4 is 34.0 Å². The summed E-state index contributed by atoms with van der Waals surface area (Å²) in [6.07, 6.45) is 10.7. The van der Waals surface area contributed by atoms with Crippen LogP contribution in [0.2, 0.25) is 0 Å². The van der Waals surface area contributed by atoms with Gasteiger partial charge in [-0.05, 0) is 49.9 Å². The molecule has 0 unspecified atom stereocenters. The molecule has 3 N–H and O–H groups in total. The second kappa shape index (κ2) is 10.6. The molecule has 0 spiro atoms. The van der Waals surface area contributed by atoms with Crippen LogP contribution in [0.3, 0.4) is 0 Å². The molecular weight excluding hydrogens is 470 g/mol. The number of aryl methyl sites for hydroxylation is 1. The van der Waals surface area contributed by atoms with E-state index in [2.05, 4.69) is 20.3 Å². The molecule has 4 heterocycles. The maximum atomic E-state index is 13.4. The Morgan fingerprint density at radius 3 is 2.62 bits per heavy atom. The Bertz CT molecular complexity index is 1310. The van der Waals surface area contributed by atoms with E-state index in [1.54, 1.807) is 17.7 Å². The molecule has 1 amide bonds. The van der Waals surface area contributed by atoms with E-state index in [1.807, 2.05) is 72.1 Å². The molecule has 3 aromatic rings. The topological polar surface area (TPSA) is 110 Å². The fraction of sp³-hybridized carbons (Fsp3) is 0.370. The Hall–Kier alpha value is -3.89. The Balaban J connectivity index is 1.37. The van der Waals surface area contributed by atoms with E-state index < -0.39 is 6.10 Å². The van der Waals surface area contributed by atoms with Gasteiger partial charge in [-0.25, -0.2) is 4.98 Å². The van der Waals surface area contributed by atoms with Crippen LogP contribution in [-0.2, 0) is 7.05 Å². The average molecular weight is 504 g/mol. The molecule has 5 rings (SSSR count). The number of nitrogens with one attached hydrogen (secondary N) is 1. The number of nitrogens with zero attached hydrogens (tertiary/aromatic N) is 6. The van der Waals surface area contributed by atoms with E-state index in [1.165, 1.54) is 0 Å². The summed E-state index contributed by atoms with van der Waals surface area (Å²) in [4.78, 5) is 23.9. The van der Waals surface area contributed by atoms with Gasteiger partial charge in [-0.2, -0.15) is 5.10 Å². The first-order chi connectivity index (χ1) is 17.9. The van der Waals surface area contributed by atoms with E-state index in [0.29, 0.717) is 29.7 Å². The SMILES string of the molecule is C[C@H](O)CN1C=CN(c2cccc(C(=O)Nc3cc4cn(C)nc4cc3N3CCC(CO)CC3)n2)C=C1. The van der Waals surface area contributed by atoms with Crippen molar-refractivity contribution in [2.75, 3.05) is 41.4 Å². The lowest BCUT2D eigenvalue weighted by Crippen LogP contribution is -2.35. The molecular formula is C27H33N7O3. The largest absolute Gasteiger partial charge is 0.396 e. The van der Waals surface area contributed by atoms with Crippen LogP contribution in [0, 0.1) is 5.92 Å². The van der Waals surface area contributed by atoms with Crippen molar-refractivity contribution in [2.45, 2.75) is 25.9 Å². The van der Waals surface area contributed by atoms with Crippen molar-refractivity contribution in [3.8, 4) is 0 Å². The Morgan fingerprint density at radius 1 is 1.16 bits per heavy atom. The number of amides is 1. The number of hydrogen-bond acceptors (Lipinski definition) is 8. The molecule has 0 radical (unpaired) electrons. The fourth-order valence-electron chi connectivity index (χ4n) is 4.78. The summed E-state index contributed by atoms with van der Waals surface area (Å²) in [5.41, 5.74) is 2.81. The molecule has 2 aliphatic rings. The molecule has 1 saturated heterocycles. The molecule has 1 atom stereocenters. The number of aliphatic hydroxyl groups is 2. The van der Waals surface area contributed by atoms with Gasteiger partial charge >= 0.3 is 0 Å². The zero-order valence-corrected chi connectivity index (χ0v) is 21.2. The number of aromatic nitrogens is 3. The van der Waals surface area contributed by atoms with Gasteiger partial charge in [-0.15, -0.1) is 0 Å². The van der Waals surface area contributed by atoms with Crippen LogP contribution in [0.4, 0.5) is 17.2 Å². The van der Waals surface area contributed by atoms with Crippen molar-refractivity contribution < 1.29 is 15.0 Å². The molecule has 1 aromatic carbocycles. The minimum Gasteiger partial charge on any atom is -0.396 e. The van der Waals surface area contributed by atoms with Crippen molar-refractivity contribution in [1.82, 2.24) is 19.7 Å². The summed E-state index contributed by atoms with van der Waals surface area (Å²) < 4.78 is 1.77. The van der Waals surface area contributed by atoms with Crippen molar-refractivity contribution in [1.29, 1.82) is 0 Å². The van der Waals surface area contributed by atoms with Crippen molar-refractivity contribution in [2.24, 2.45) is 13.0 Å². The zero-order chi connectivity index (χ0) is 25.9. The molecule has 0 bridgehead atoms. The number of anilines is 3. The standard InChI is InChI=1S/C27H33N7O3/c1-19(36)16-32-10-12-34(13-11-32)26-5-3-4-22(28-26)27(37)29-24-14-21-17-31(2)30-23(21)15-25(24)33-8-6-20(18-35)7-9-33/h3-5,10-15,17,19-20,35-36H,6-9,16,18H2,1-2H3,(H,29,37)/t19-/m0/s1. The molecule has 2 aliphatic heterocycles. The van der Waals surface area contributed by atoms with Crippen molar-refractivity contribution in [3.63, 3.8) is 0 Å². The number of rotatable bonds is 7. The summed E-state index contributed by atoms with van der Waals surface area (Å²) >= 11 is 0. The van der Waals surface area contributed by atoms with Gasteiger partial charge in [-0.3, -0.25) is 9.48 Å². The fourth-order valence-corrected chi connectivity index (χ4v) is 4.78. The lowest BCUT2D eigenvalue weighted by Gasteiger charge is -2.34. The minimum atomic E-state index is -0.442. The molecule has 0 aliphatic carbocycles. The molecule has 194 valence electrons. The normalized spacial score (nSPS) is 17.0. The number of carbonyl (C=O) groups excluding carboxylic acids is 1. The molecule has 2 aromatic heterocycles. The van der Waals surface area contributed by atoms with Gasteiger partial charge in [0.15, 0.2) is 0 Å². The van der Waals surface area contributed by atoms with Crippen LogP contribution >= 0.6 is 0 Å². The maximum absolute atomic E-state index is 13.4. The lowest BCUT2D eigenvalue weighted by atomic mass is 9.97. The van der Waals surface area contributed by atoms with Crippen LogP contribution in [0.25, 0.3) is 10.9 Å². The smallest absolute Gasteiger partial charge is 0.274 e. The molecule has 10 nitrogen and oxygen atoms in total. The number of fused-ring (bicyclic) bond motifs is 1. The van der Waals surface area contributed by atoms with Crippen LogP contribution in [0.5, 0.6) is 0 Å². The number of aliphatic hydroxyl groups excluding tert-OH is 2. The third-order valence-corrected chi connectivity index (χ3v) is 6.74. The molecule has 37 heavy (non-hydrogen) atoms. The predicted molar refractivity (Wildman–Crippen MR) is 144 cm³/mol. The first-order valence-corrected chi connectivity index (χ1v) is 12.6. The molecule has 0 saturated carbocycles. The zero-order valence-electron chi connectivity index (χ0n) is 21.2. The number of carbonyl (C=O) groups is 1. The van der Waals surface area contributed by atoms with Gasteiger partial charge in [0, 0.05) is 69.7 Å². The molecule has 1 fully saturated rings. The van der Waals surface area contributed by atoms with Gasteiger partial charge < -0.3 is 30.2 Å². The second-order valence-corrected chi connectivity index (χ2v) is 9.73. The third-order valence-electron chi connectivity index (χ3n) is 6.74. The summed E-state index contributed by atoms with van der Waals surface area (Å²) in [6, 6.07) is 9.34. The number of benzene rings is 1. The molecule has 10 heteroatoms. The van der Waals surface area contributed by atoms with Crippen LogP contribution in [0.1, 0.15) is 30.3 Å². The summed E-state index contributed by atoms with van der Waals surface area (Å²) in [5, 5.41) is 27.7. The highest BCUT2D eigenvalue weighted by Gasteiger charge is 2.23. The van der Waals surface area contributed by atoms with E-state index in [9.17, 15) is 15.0 Å². The van der Waals surface area contributed by atoms with Crippen LogP contribution < -0.4 is 15.1 Å². The third kappa shape index (κ3) is 5.60. The van der Waals surface area contributed by atoms with Gasteiger partial charge in [0.1, 0.15) is 11.5 Å². The van der Waals surface area contributed by atoms with Gasteiger partial charge in [0.25, 0.3) is 5.91 Å². The monoisotopic (exact) mass is 503 g/mol. The van der Waals surface area contributed by atoms with Gasteiger partial charge in [0.05, 0.1) is 23.0 Å². The lowest BCUT2D eigenvalue weighted by molar-refractivity contribution is 0.102. The Kier molecular flexibility index (Phi) is 7.11. The van der Waals surface area contributed by atoms with E-state index in [-0.39, 0.29) is 12.5 Å². The number of hydrogen-bond donors (Lipinski definition) is 3. The van der Waals surface area contributed by atoms with Crippen LogP contribution in [0.15, 0.2) is 61.3 Å². The van der Waals surface area contributed by atoms with E-state index in [4.69, 9.17) is 0 Å². The Labute approximate surface area is 216 Å². The van der Waals surface area contributed by atoms with E-state index in [0.717, 1.165) is 42.5 Å². The highest BCUT2D eigenvalue weighted by molar-refractivity contribution is 6.06. The van der Waals surface area contributed by atoms with Gasteiger partial charge in [-0.1, -0.05) is 6.07 Å². The highest BCUT2D eigenvalue weighted by atomic mass is 16.3. The highest BCUT2D eigenvalue weighted by Crippen LogP contribution is 2.34. The summed E-state index contributed by atoms with van der Waals surface area (Å²) in [7, 11) is 1.88. The van der Waals surface area contributed by atoms with Crippen molar-refractivity contribution in [3.05, 3.63) is 67.0 Å². The number of pyridine rings is 1. The first kappa shape index (κ1) is 24.8. The minimum absolute atomic E-state index is 0.207. The summed E-state index contributed by atoms with van der Waals surface area (Å²) in [6.45, 7) is 4.06. The maximum Gasteiger partial charge on any atom is 0.274 e. The predicted octanol–water partition coefficient (Wildman–Crippen LogP) is 2.87. The number of piperidine rings is 1. The second-order valence-electron chi connectivity index (χ2n) is 9.73. The van der Waals surface area contributed by atoms with Gasteiger partial charge in [0.2, 0.25) is 0 Å². The quantitative estimate of drug-likeness (QED) is 0.452. The number of β-amino-alcohol motifs (C(OH)–C–C–N with tert-alkyl or cyclic N) is 1. The summed E-state index contributed by atoms with van der Waals surface area (Å²) in [5.74, 6) is 0.639. The first-order valence-electron chi connectivity index (χ1n) is 12.6. The Morgan fingerprint density at radius 2 is 1.92 bits per heavy atom. The average Bonchev–Trinajstić information content (AvgIpc) is 3.27. The van der Waals surface area contributed by atoms with Crippen LogP contribution in [-0.4, -0.2) is 68.1 Å².